The second kappa shape index (κ2) is 4.19. The molecule has 6 nitrogen and oxygen atoms in total. The summed E-state index contributed by atoms with van der Waals surface area (Å²) in [4.78, 5) is 0. The van der Waals surface area contributed by atoms with Gasteiger partial charge in [-0.25, -0.2) is 0 Å². The first kappa shape index (κ1) is 12.0. The van der Waals surface area contributed by atoms with Crippen LogP contribution < -0.4 is 4.72 Å². The van der Waals surface area contributed by atoms with Crippen LogP contribution in [0.3, 0.4) is 0 Å². The topological polar surface area (TPSA) is 75.4 Å². The standard InChI is InChI=1S/C8H15N3O3S/c1-5-11(4)15(12,13)10-8-6(2)9-14-7(8)3/h10H,5H2,1-4H3. The van der Waals surface area contributed by atoms with E-state index in [0.29, 0.717) is 23.7 Å². The molecule has 0 aliphatic carbocycles. The number of aryl methyl sites for hydroxylation is 2. The molecule has 7 heteroatoms. The smallest absolute Gasteiger partial charge is 0.301 e. The molecule has 0 aliphatic rings. The molecule has 0 atom stereocenters. The molecule has 0 spiro atoms. The summed E-state index contributed by atoms with van der Waals surface area (Å²) in [7, 11) is -1.99. The van der Waals surface area contributed by atoms with E-state index in [0.717, 1.165) is 0 Å². The van der Waals surface area contributed by atoms with Crippen LogP contribution in [0.5, 0.6) is 0 Å². The minimum atomic E-state index is -3.49. The summed E-state index contributed by atoms with van der Waals surface area (Å²) in [5, 5.41) is 3.67. The molecule has 1 N–H and O–H groups in total. The number of anilines is 1. The molecule has 0 amide bonds. The summed E-state index contributed by atoms with van der Waals surface area (Å²) < 4.78 is 31.9. The molecule has 1 rings (SSSR count). The number of hydrogen-bond acceptors (Lipinski definition) is 4. The summed E-state index contributed by atoms with van der Waals surface area (Å²) in [5.41, 5.74) is 0.941. The molecule has 86 valence electrons. The molecule has 0 radical (unpaired) electrons. The van der Waals surface area contributed by atoms with Gasteiger partial charge in [-0.1, -0.05) is 12.1 Å². The second-order valence-corrected chi connectivity index (χ2v) is 5.00. The van der Waals surface area contributed by atoms with Gasteiger partial charge in [0, 0.05) is 13.6 Å². The van der Waals surface area contributed by atoms with Crippen molar-refractivity contribution in [1.82, 2.24) is 9.46 Å². The minimum absolute atomic E-state index is 0.401. The van der Waals surface area contributed by atoms with E-state index >= 15 is 0 Å². The lowest BCUT2D eigenvalue weighted by Gasteiger charge is -2.15. The fourth-order valence-corrected chi connectivity index (χ4v) is 2.05. The molecule has 0 saturated carbocycles. The molecule has 15 heavy (non-hydrogen) atoms. The van der Waals surface area contributed by atoms with Gasteiger partial charge in [-0.3, -0.25) is 4.72 Å². The maximum atomic E-state index is 11.7. The second-order valence-electron chi connectivity index (χ2n) is 3.22. The number of nitrogens with zero attached hydrogens (tertiary/aromatic N) is 2. The Labute approximate surface area is 89.4 Å². The molecule has 1 aromatic heterocycles. The zero-order chi connectivity index (χ0) is 11.6. The van der Waals surface area contributed by atoms with E-state index in [1.165, 1.54) is 11.4 Å². The molecule has 0 aromatic carbocycles. The zero-order valence-electron chi connectivity index (χ0n) is 9.23. The van der Waals surface area contributed by atoms with Crippen molar-refractivity contribution in [2.75, 3.05) is 18.3 Å². The van der Waals surface area contributed by atoms with Crippen LogP contribution in [-0.2, 0) is 10.2 Å². The van der Waals surface area contributed by atoms with E-state index in [1.54, 1.807) is 20.8 Å². The van der Waals surface area contributed by atoms with Crippen LogP contribution in [0.25, 0.3) is 0 Å². The molecule has 0 bridgehead atoms. The Bertz CT molecular complexity index is 418. The highest BCUT2D eigenvalue weighted by molar-refractivity contribution is 7.90. The van der Waals surface area contributed by atoms with E-state index in [-0.39, 0.29) is 0 Å². The number of rotatable bonds is 4. The quantitative estimate of drug-likeness (QED) is 0.838. The van der Waals surface area contributed by atoms with Gasteiger partial charge in [-0.05, 0) is 13.8 Å². The van der Waals surface area contributed by atoms with Crippen molar-refractivity contribution in [3.8, 4) is 0 Å². The third-order valence-corrected chi connectivity index (χ3v) is 3.66. The summed E-state index contributed by atoms with van der Waals surface area (Å²) in [6, 6.07) is 0. The molecular formula is C8H15N3O3S. The third kappa shape index (κ3) is 2.48. The maximum Gasteiger partial charge on any atom is 0.301 e. The van der Waals surface area contributed by atoms with Crippen molar-refractivity contribution in [3.63, 3.8) is 0 Å². The lowest BCUT2D eigenvalue weighted by molar-refractivity contribution is 0.393. The Balaban J connectivity index is 2.96. The maximum absolute atomic E-state index is 11.7. The van der Waals surface area contributed by atoms with E-state index in [1.807, 2.05) is 0 Å². The Morgan fingerprint density at radius 1 is 1.47 bits per heavy atom. The first-order valence-corrected chi connectivity index (χ1v) is 5.99. The van der Waals surface area contributed by atoms with Crippen LogP contribution in [0.1, 0.15) is 18.4 Å². The van der Waals surface area contributed by atoms with Gasteiger partial charge in [0.15, 0.2) is 5.76 Å². The van der Waals surface area contributed by atoms with Crippen molar-refractivity contribution < 1.29 is 12.9 Å². The van der Waals surface area contributed by atoms with E-state index in [4.69, 9.17) is 4.52 Å². The van der Waals surface area contributed by atoms with Crippen LogP contribution in [0.4, 0.5) is 5.69 Å². The number of nitrogens with one attached hydrogen (secondary N) is 1. The molecule has 0 fully saturated rings. The average molecular weight is 233 g/mol. The fourth-order valence-electron chi connectivity index (χ4n) is 1.01. The zero-order valence-corrected chi connectivity index (χ0v) is 10.1. The lowest BCUT2D eigenvalue weighted by Crippen LogP contribution is -2.32. The van der Waals surface area contributed by atoms with Crippen molar-refractivity contribution in [1.29, 1.82) is 0 Å². The Hall–Kier alpha value is -1.08. The van der Waals surface area contributed by atoms with Crippen LogP contribution >= 0.6 is 0 Å². The van der Waals surface area contributed by atoms with Gasteiger partial charge >= 0.3 is 10.2 Å². The lowest BCUT2D eigenvalue weighted by atomic mass is 10.3. The third-order valence-electron chi connectivity index (χ3n) is 2.12. The van der Waals surface area contributed by atoms with Crippen molar-refractivity contribution >= 4 is 15.9 Å². The van der Waals surface area contributed by atoms with Gasteiger partial charge in [0.2, 0.25) is 0 Å². The number of aromatic nitrogens is 1. The van der Waals surface area contributed by atoms with Gasteiger partial charge in [0.1, 0.15) is 11.4 Å². The molecule has 0 unspecified atom stereocenters. The molecule has 0 aliphatic heterocycles. The summed E-state index contributed by atoms with van der Waals surface area (Å²) in [6.45, 7) is 5.50. The molecule has 1 aromatic rings. The first-order chi connectivity index (χ1) is 6.88. The predicted octanol–water partition coefficient (Wildman–Crippen LogP) is 0.900. The average Bonchev–Trinajstić information content (AvgIpc) is 2.47. The van der Waals surface area contributed by atoms with Gasteiger partial charge in [0.05, 0.1) is 0 Å². The van der Waals surface area contributed by atoms with E-state index in [9.17, 15) is 8.42 Å². The monoisotopic (exact) mass is 233 g/mol. The van der Waals surface area contributed by atoms with Crippen molar-refractivity contribution in [2.45, 2.75) is 20.8 Å². The van der Waals surface area contributed by atoms with Crippen LogP contribution in [0.15, 0.2) is 4.52 Å². The first-order valence-electron chi connectivity index (χ1n) is 4.55. The summed E-state index contributed by atoms with van der Waals surface area (Å²) in [6.07, 6.45) is 0. The van der Waals surface area contributed by atoms with Crippen LogP contribution in [-0.4, -0.2) is 31.5 Å². The fraction of sp³-hybridized carbons (Fsp3) is 0.625. The Morgan fingerprint density at radius 3 is 2.47 bits per heavy atom. The van der Waals surface area contributed by atoms with E-state index < -0.39 is 10.2 Å². The van der Waals surface area contributed by atoms with Crippen molar-refractivity contribution in [3.05, 3.63) is 11.5 Å². The Kier molecular flexibility index (Phi) is 3.35. The predicted molar refractivity (Wildman–Crippen MR) is 56.8 cm³/mol. The molecular weight excluding hydrogens is 218 g/mol. The summed E-state index contributed by atoms with van der Waals surface area (Å²) >= 11 is 0. The molecule has 1 heterocycles. The minimum Gasteiger partial charge on any atom is -0.359 e. The van der Waals surface area contributed by atoms with Crippen molar-refractivity contribution in [2.24, 2.45) is 0 Å². The normalized spacial score (nSPS) is 12.1. The van der Waals surface area contributed by atoms with Gasteiger partial charge in [-0.2, -0.15) is 12.7 Å². The van der Waals surface area contributed by atoms with Crippen LogP contribution in [0.2, 0.25) is 0 Å². The highest BCUT2D eigenvalue weighted by Crippen LogP contribution is 2.20. The highest BCUT2D eigenvalue weighted by Gasteiger charge is 2.20. The van der Waals surface area contributed by atoms with Gasteiger partial charge < -0.3 is 4.52 Å². The number of hydrogen-bond donors (Lipinski definition) is 1. The summed E-state index contributed by atoms with van der Waals surface area (Å²) in [5.74, 6) is 0.459. The molecule has 0 saturated heterocycles. The van der Waals surface area contributed by atoms with Crippen LogP contribution in [0, 0.1) is 13.8 Å². The SMILES string of the molecule is CCN(C)S(=O)(=O)Nc1c(C)noc1C. The van der Waals surface area contributed by atoms with Gasteiger partial charge in [0.25, 0.3) is 0 Å². The van der Waals surface area contributed by atoms with E-state index in [2.05, 4.69) is 9.88 Å². The van der Waals surface area contributed by atoms with Gasteiger partial charge in [-0.15, -0.1) is 0 Å². The largest absolute Gasteiger partial charge is 0.359 e. The highest BCUT2D eigenvalue weighted by atomic mass is 32.2. The Morgan fingerprint density at radius 2 is 2.07 bits per heavy atom.